The van der Waals surface area contributed by atoms with Gasteiger partial charge >= 0.3 is 0 Å². The molecule has 1 aromatic carbocycles. The van der Waals surface area contributed by atoms with Gasteiger partial charge in [-0.1, -0.05) is 19.0 Å². The van der Waals surface area contributed by atoms with Gasteiger partial charge in [-0.2, -0.15) is 4.98 Å². The second kappa shape index (κ2) is 8.72. The molecule has 0 fully saturated rings. The molecular weight excluding hydrogens is 353 g/mol. The van der Waals surface area contributed by atoms with Crippen molar-refractivity contribution < 1.29 is 18.5 Å². The number of carbonyl (C=O) groups is 2. The molecule has 1 unspecified atom stereocenters. The number of nitrogens with two attached hydrogens (primary N) is 1. The van der Waals surface area contributed by atoms with Crippen molar-refractivity contribution in [1.82, 2.24) is 20.8 Å². The van der Waals surface area contributed by atoms with Crippen LogP contribution in [0, 0.1) is 18.7 Å². The number of nitrogens with one attached hydrogen (secondary N) is 2. The molecule has 0 aliphatic rings. The highest BCUT2D eigenvalue weighted by molar-refractivity contribution is 5.87. The van der Waals surface area contributed by atoms with Crippen LogP contribution in [0.3, 0.4) is 0 Å². The van der Waals surface area contributed by atoms with Crippen LogP contribution >= 0.6 is 0 Å². The molecule has 9 heteroatoms. The number of rotatable bonds is 7. The first-order chi connectivity index (χ1) is 12.7. The van der Waals surface area contributed by atoms with Crippen molar-refractivity contribution in [3.8, 4) is 11.4 Å². The Balaban J connectivity index is 1.93. The molecule has 8 nitrogen and oxygen atoms in total. The molecule has 2 atom stereocenters. The molecular formula is C18H24FN5O3. The maximum Gasteiger partial charge on any atom is 0.249 e. The van der Waals surface area contributed by atoms with Crippen LogP contribution in [0.25, 0.3) is 11.4 Å². The highest BCUT2D eigenvalue weighted by Gasteiger charge is 2.20. The third kappa shape index (κ3) is 5.33. The molecule has 0 aliphatic heterocycles. The molecule has 2 amide bonds. The van der Waals surface area contributed by atoms with E-state index < -0.39 is 18.0 Å². The van der Waals surface area contributed by atoms with Crippen LogP contribution in [0.2, 0.25) is 0 Å². The summed E-state index contributed by atoms with van der Waals surface area (Å²) in [4.78, 5) is 28.0. The summed E-state index contributed by atoms with van der Waals surface area (Å²) in [5.41, 5.74) is 6.79. The Kier molecular flexibility index (Phi) is 6.62. The van der Waals surface area contributed by atoms with Crippen molar-refractivity contribution in [1.29, 1.82) is 0 Å². The summed E-state index contributed by atoms with van der Waals surface area (Å²) in [5, 5.41) is 9.00. The Morgan fingerprint density at radius 1 is 1.30 bits per heavy atom. The van der Waals surface area contributed by atoms with Crippen LogP contribution in [0.15, 0.2) is 22.7 Å². The van der Waals surface area contributed by atoms with E-state index in [0.717, 1.165) is 0 Å². The minimum atomic E-state index is -0.673. The maximum absolute atomic E-state index is 13.4. The predicted molar refractivity (Wildman–Crippen MR) is 96.8 cm³/mol. The molecule has 0 bridgehead atoms. The van der Waals surface area contributed by atoms with Crippen molar-refractivity contribution in [2.75, 3.05) is 6.54 Å². The summed E-state index contributed by atoms with van der Waals surface area (Å²) in [7, 11) is 0. The number of carbonyl (C=O) groups excluding carboxylic acids is 2. The van der Waals surface area contributed by atoms with Gasteiger partial charge in [0.25, 0.3) is 0 Å². The van der Waals surface area contributed by atoms with Crippen LogP contribution in [0.5, 0.6) is 0 Å². The fourth-order valence-corrected chi connectivity index (χ4v) is 2.25. The van der Waals surface area contributed by atoms with Gasteiger partial charge in [-0.3, -0.25) is 9.59 Å². The highest BCUT2D eigenvalue weighted by Crippen LogP contribution is 2.21. The van der Waals surface area contributed by atoms with Gasteiger partial charge in [0, 0.05) is 5.56 Å². The molecule has 4 N–H and O–H groups in total. The van der Waals surface area contributed by atoms with E-state index in [9.17, 15) is 14.0 Å². The molecule has 0 aliphatic carbocycles. The lowest BCUT2D eigenvalue weighted by atomic mass is 10.1. The lowest BCUT2D eigenvalue weighted by Gasteiger charge is -2.15. The van der Waals surface area contributed by atoms with Crippen molar-refractivity contribution >= 4 is 11.8 Å². The van der Waals surface area contributed by atoms with Gasteiger partial charge in [-0.15, -0.1) is 0 Å². The number of benzene rings is 1. The number of nitrogens with zero attached hydrogens (tertiary/aromatic N) is 2. The number of halogens is 1. The smallest absolute Gasteiger partial charge is 0.249 e. The molecule has 0 spiro atoms. The Bertz CT molecular complexity index is 821. The molecule has 1 heterocycles. The van der Waals surface area contributed by atoms with Crippen LogP contribution in [0.1, 0.15) is 38.3 Å². The first kappa shape index (κ1) is 20.5. The zero-order chi connectivity index (χ0) is 20.1. The van der Waals surface area contributed by atoms with Gasteiger partial charge in [0.1, 0.15) is 11.9 Å². The number of aryl methyl sites for hydroxylation is 1. The number of aromatic nitrogens is 2. The van der Waals surface area contributed by atoms with E-state index in [0.29, 0.717) is 17.0 Å². The second-order valence-corrected chi connectivity index (χ2v) is 6.70. The normalized spacial score (nSPS) is 13.3. The first-order valence-electron chi connectivity index (χ1n) is 8.61. The number of hydrogen-bond donors (Lipinski definition) is 3. The minimum Gasteiger partial charge on any atom is -0.346 e. The molecule has 2 aromatic rings. The van der Waals surface area contributed by atoms with E-state index in [4.69, 9.17) is 10.3 Å². The zero-order valence-electron chi connectivity index (χ0n) is 15.7. The molecule has 0 saturated carbocycles. The average Bonchev–Trinajstić information content (AvgIpc) is 3.11. The van der Waals surface area contributed by atoms with Crippen molar-refractivity contribution in [3.05, 3.63) is 35.5 Å². The highest BCUT2D eigenvalue weighted by atomic mass is 19.1. The van der Waals surface area contributed by atoms with Crippen molar-refractivity contribution in [3.63, 3.8) is 0 Å². The number of hydrogen-bond acceptors (Lipinski definition) is 6. The van der Waals surface area contributed by atoms with Crippen molar-refractivity contribution in [2.45, 2.75) is 39.8 Å². The van der Waals surface area contributed by atoms with Gasteiger partial charge in [-0.05, 0) is 43.5 Å². The fraction of sp³-hybridized carbons (Fsp3) is 0.444. The van der Waals surface area contributed by atoms with E-state index in [1.807, 2.05) is 13.8 Å². The molecule has 0 saturated heterocycles. The van der Waals surface area contributed by atoms with Gasteiger partial charge in [-0.25, -0.2) is 4.39 Å². The zero-order valence-corrected chi connectivity index (χ0v) is 15.7. The molecule has 0 radical (unpaired) electrons. The molecule has 146 valence electrons. The third-order valence-corrected chi connectivity index (χ3v) is 4.05. The Morgan fingerprint density at radius 3 is 2.63 bits per heavy atom. The topological polar surface area (TPSA) is 123 Å². The summed E-state index contributed by atoms with van der Waals surface area (Å²) in [5.74, 6) is -0.652. The average molecular weight is 377 g/mol. The first-order valence-corrected chi connectivity index (χ1v) is 8.61. The van der Waals surface area contributed by atoms with E-state index in [2.05, 4.69) is 20.8 Å². The predicted octanol–water partition coefficient (Wildman–Crippen LogP) is 1.46. The van der Waals surface area contributed by atoms with Gasteiger partial charge in [0.15, 0.2) is 0 Å². The Morgan fingerprint density at radius 2 is 2.00 bits per heavy atom. The van der Waals surface area contributed by atoms with Crippen LogP contribution in [0.4, 0.5) is 4.39 Å². The molecule has 27 heavy (non-hydrogen) atoms. The fourth-order valence-electron chi connectivity index (χ4n) is 2.25. The summed E-state index contributed by atoms with van der Waals surface area (Å²) < 4.78 is 18.5. The largest absolute Gasteiger partial charge is 0.346 e. The molecule has 1 aromatic heterocycles. The van der Waals surface area contributed by atoms with E-state index in [1.165, 1.54) is 6.07 Å². The monoisotopic (exact) mass is 377 g/mol. The summed E-state index contributed by atoms with van der Waals surface area (Å²) in [6.07, 6.45) is 0. The molecule has 2 rings (SSSR count). The third-order valence-electron chi connectivity index (χ3n) is 4.05. The Labute approximate surface area is 156 Å². The van der Waals surface area contributed by atoms with Gasteiger partial charge in [0.05, 0.1) is 12.6 Å². The SMILES string of the molecule is Cc1cc(-c2noc(C(C)NC(=O)CNC(=O)[C@@H](N)C(C)C)n2)ccc1F. The van der Waals surface area contributed by atoms with Gasteiger partial charge < -0.3 is 20.9 Å². The van der Waals surface area contributed by atoms with Crippen molar-refractivity contribution in [2.24, 2.45) is 11.7 Å². The lowest BCUT2D eigenvalue weighted by molar-refractivity contribution is -0.127. The van der Waals surface area contributed by atoms with Crippen LogP contribution in [-0.4, -0.2) is 34.5 Å². The second-order valence-electron chi connectivity index (χ2n) is 6.70. The summed E-state index contributed by atoms with van der Waals surface area (Å²) in [6, 6.07) is 3.26. The van der Waals surface area contributed by atoms with Gasteiger partial charge in [0.2, 0.25) is 23.5 Å². The van der Waals surface area contributed by atoms with E-state index in [-0.39, 0.29) is 30.1 Å². The standard InChI is InChI=1S/C18H24FN5O3/c1-9(2)15(20)17(26)21-8-14(25)22-11(4)18-23-16(24-27-18)12-5-6-13(19)10(3)7-12/h5-7,9,11,15H,8,20H2,1-4H3,(H,21,26)(H,22,25)/t11?,15-/m0/s1. The summed E-state index contributed by atoms with van der Waals surface area (Å²) >= 11 is 0. The quantitative estimate of drug-likeness (QED) is 0.671. The van der Waals surface area contributed by atoms with Crippen LogP contribution < -0.4 is 16.4 Å². The minimum absolute atomic E-state index is 0.0288. The van der Waals surface area contributed by atoms with E-state index >= 15 is 0 Å². The summed E-state index contributed by atoms with van der Waals surface area (Å²) in [6.45, 7) is 6.75. The van der Waals surface area contributed by atoms with E-state index in [1.54, 1.807) is 26.0 Å². The lowest BCUT2D eigenvalue weighted by Crippen LogP contribution is -2.47. The Hall–Kier alpha value is -2.81. The maximum atomic E-state index is 13.4. The van der Waals surface area contributed by atoms with Crippen LogP contribution in [-0.2, 0) is 9.59 Å². The number of amides is 2.